The minimum Gasteiger partial charge on any atom is -0.508 e. The molecule has 21 N–H and O–H groups in total. The summed E-state index contributed by atoms with van der Waals surface area (Å²) < 4.78 is 44.8. The van der Waals surface area contributed by atoms with Gasteiger partial charge in [0.25, 0.3) is 0 Å². The first-order valence-corrected chi connectivity index (χ1v) is 40.9. The van der Waals surface area contributed by atoms with Gasteiger partial charge in [-0.2, -0.15) is 0 Å². The van der Waals surface area contributed by atoms with Gasteiger partial charge in [-0.25, -0.2) is 0 Å². The van der Waals surface area contributed by atoms with Crippen LogP contribution in [0.15, 0.2) is 121 Å². The standard InChI is InChI=1S/C84H95Cl4N11O23/c1-37(2)24-53(91-4)77(109)98-69-71(105)42-12-19-58(51(87)27-42)118-60-29-44-30-61(75(60)122-84-76(74(108)73(107)62(34-89)120-84)121-64-21-18-55(101)38(3)117-64)119-59-20-13-43(28-52(59)88)72(106)70-83(115)97-68(79(111)93-23-7-5-6-22-92-35-39-8-14-46(15-9-39)116-36-40-10-16-49(85)50(86)25-40)48-31-45(100)32-57(103)65(48)47-26-41(11-17-56(47)102)66(80(112)99-70)96-81(113)67(44)95-78(110)54(33-63(90)104)94-82(69)114/h8-17,19-20,25-32,37-38,53-55,62,64,66-74,76,84,91-92,100-103,105-108H,5-7,18,21-24,33-36,89H2,1-4H3,(H2,90,104)(H,93,111)(H,94,114)(H,95,110)(H,96,113)(H,97,115)(H,98,109)(H,99,112)/t38?,53-,54+,55?,62?,64?,66-,67-,68-,69-,70+,71-,72-,73?,74?,76?,84?/m1/s1. The third-order valence-electron chi connectivity index (χ3n) is 21.3. The van der Waals surface area contributed by atoms with Gasteiger partial charge in [-0.1, -0.05) is 103 Å². The molecule has 0 spiro atoms. The second kappa shape index (κ2) is 40.3. The van der Waals surface area contributed by atoms with Crippen LogP contribution >= 0.6 is 46.4 Å². The Bertz CT molecular complexity index is 5040. The first-order chi connectivity index (χ1) is 58.2. The van der Waals surface area contributed by atoms with Crippen LogP contribution < -0.4 is 78.3 Å². The number of carbonyl (C=O) groups is 8. The number of ether oxygens (including phenoxy) is 7. The van der Waals surface area contributed by atoms with Gasteiger partial charge in [-0.15, -0.1) is 0 Å². The summed E-state index contributed by atoms with van der Waals surface area (Å²) in [5.41, 5.74) is 11.6. The average Bonchev–Trinajstić information content (AvgIpc) is 0.769. The molecule has 7 aliphatic rings. The van der Waals surface area contributed by atoms with Gasteiger partial charge in [0.1, 0.15) is 108 Å². The normalized spacial score (nSPS) is 25.1. The molecule has 2 saturated heterocycles. The number of nitrogens with two attached hydrogens (primary N) is 2. The van der Waals surface area contributed by atoms with Crippen LogP contribution in [-0.4, -0.2) is 188 Å². The molecule has 122 heavy (non-hydrogen) atoms. The highest BCUT2D eigenvalue weighted by Gasteiger charge is 2.50. The van der Waals surface area contributed by atoms with Crippen LogP contribution in [0.1, 0.15) is 135 Å². The van der Waals surface area contributed by atoms with Crippen molar-refractivity contribution in [2.45, 2.75) is 183 Å². The van der Waals surface area contributed by atoms with Gasteiger partial charge >= 0.3 is 0 Å². The number of fused-ring (bicyclic) bond motifs is 15. The number of nitrogens with one attached hydrogen (secondary N) is 9. The maximum atomic E-state index is 16.3. The van der Waals surface area contributed by atoms with Crippen LogP contribution in [0.2, 0.25) is 20.1 Å². The number of phenols is 3. The monoisotopic (exact) mass is 1770 g/mol. The minimum atomic E-state index is -2.32. The molecule has 11 bridgehead atoms. The summed E-state index contributed by atoms with van der Waals surface area (Å²) in [6.45, 7) is 6.17. The highest BCUT2D eigenvalue weighted by molar-refractivity contribution is 6.42. The number of hydrogen-bond donors (Lipinski definition) is 19. The minimum absolute atomic E-state index is 0.00407. The third kappa shape index (κ3) is 21.6. The number of halogens is 4. The maximum absolute atomic E-state index is 16.3. The predicted molar refractivity (Wildman–Crippen MR) is 441 cm³/mol. The second-order valence-electron chi connectivity index (χ2n) is 30.6. The lowest BCUT2D eigenvalue weighted by Crippen LogP contribution is -2.62. The van der Waals surface area contributed by atoms with E-state index in [1.165, 1.54) is 37.4 Å². The van der Waals surface area contributed by atoms with Crippen molar-refractivity contribution in [3.63, 3.8) is 0 Å². The number of benzene rings is 7. The number of likely N-dealkylation sites (N-methyl/N-ethyl adjacent to an activating group) is 1. The van der Waals surface area contributed by atoms with Crippen LogP contribution in [0.4, 0.5) is 0 Å². The molecule has 7 aliphatic heterocycles. The summed E-state index contributed by atoms with van der Waals surface area (Å²) in [7, 11) is 1.49. The number of unbranched alkanes of at least 4 members (excludes halogenated alkanes) is 2. The maximum Gasteiger partial charge on any atom is 0.248 e. The Labute approximate surface area is 719 Å². The van der Waals surface area contributed by atoms with Crippen LogP contribution in [0, 0.1) is 5.92 Å². The Morgan fingerprint density at radius 2 is 1.27 bits per heavy atom. The topological polar surface area (TPSA) is 523 Å². The Kier molecular flexibility index (Phi) is 30.0. The van der Waals surface area contributed by atoms with Gasteiger partial charge in [-0.3, -0.25) is 38.4 Å². The number of carbonyl (C=O) groups excluding carboxylic acids is 8. The Morgan fingerprint density at radius 1 is 0.623 bits per heavy atom. The van der Waals surface area contributed by atoms with E-state index in [9.17, 15) is 60.0 Å². The second-order valence-corrected chi connectivity index (χ2v) is 32.3. The smallest absolute Gasteiger partial charge is 0.248 e. The predicted octanol–water partition coefficient (Wildman–Crippen LogP) is 5.62. The molecule has 7 heterocycles. The number of amides is 8. The van der Waals surface area contributed by atoms with E-state index in [-0.39, 0.29) is 87.7 Å². The number of aromatic hydroxyl groups is 3. The fraction of sp³-hybridized carbons (Fsp3) is 0.405. The summed E-state index contributed by atoms with van der Waals surface area (Å²) in [6, 6.07) is 13.6. The fourth-order valence-electron chi connectivity index (χ4n) is 14.7. The van der Waals surface area contributed by atoms with Crippen molar-refractivity contribution in [1.29, 1.82) is 0 Å². The Morgan fingerprint density at radius 3 is 1.92 bits per heavy atom. The highest BCUT2D eigenvalue weighted by Crippen LogP contribution is 2.50. The molecule has 652 valence electrons. The number of hydrogen-bond acceptors (Lipinski definition) is 26. The molecule has 38 heteroatoms. The molecule has 0 saturated carbocycles. The van der Waals surface area contributed by atoms with Gasteiger partial charge in [0.2, 0.25) is 59.3 Å². The SMILES string of the molecule is CN[C@H](CC(C)C)C(=O)N[C@H]1C(=O)N[C@@H](CC(N)=O)C(=O)N[C@H]2C(=O)N[C@H]3C(=O)N[C@H](C(=O)N[C@@H](C(=O)NCCCCCNCc4ccc(OCc5ccc(Cl)c(Cl)c5)cc4)c4cc(O)cc(O)c4-c4cc3ccc4O)[C@H](O)c3ccc(c(Cl)c3)Oc3cc2cc(c3OC2OC(CN)C(O)C(O)C2OC2CCC(O)C(C)O2)Oc2ccc(cc2Cl)[C@H]1O. The van der Waals surface area contributed by atoms with Crippen LogP contribution in [0.25, 0.3) is 11.1 Å². The molecule has 0 radical (unpaired) electrons. The summed E-state index contributed by atoms with van der Waals surface area (Å²) in [5, 5.41) is 119. The molecule has 2 fully saturated rings. The fourth-order valence-corrected chi connectivity index (χ4v) is 15.5. The van der Waals surface area contributed by atoms with Gasteiger partial charge in [-0.05, 0) is 170 Å². The lowest BCUT2D eigenvalue weighted by atomic mass is 9.89. The third-order valence-corrected chi connectivity index (χ3v) is 22.7. The molecule has 14 rings (SSSR count). The number of primary amides is 1. The van der Waals surface area contributed by atoms with Gasteiger partial charge in [0, 0.05) is 43.2 Å². The molecule has 7 aromatic rings. The zero-order chi connectivity index (χ0) is 87.7. The van der Waals surface area contributed by atoms with Crippen molar-refractivity contribution in [3.05, 3.63) is 180 Å². The molecule has 8 unspecified atom stereocenters. The molecule has 0 aliphatic carbocycles. The van der Waals surface area contributed by atoms with E-state index in [1.807, 2.05) is 44.2 Å². The van der Waals surface area contributed by atoms with E-state index in [4.69, 9.17) is 91.0 Å². The van der Waals surface area contributed by atoms with Crippen molar-refractivity contribution in [3.8, 4) is 62.9 Å². The molecule has 8 amide bonds. The van der Waals surface area contributed by atoms with Crippen LogP contribution in [0.3, 0.4) is 0 Å². The summed E-state index contributed by atoms with van der Waals surface area (Å²) in [4.78, 5) is 121. The number of aliphatic hydroxyl groups is 5. The molecule has 17 atom stereocenters. The van der Waals surface area contributed by atoms with Gasteiger partial charge in [0.05, 0.1) is 44.8 Å². The quantitative estimate of drug-likeness (QED) is 0.0326. The zero-order valence-corrected chi connectivity index (χ0v) is 69.3. The van der Waals surface area contributed by atoms with E-state index in [0.29, 0.717) is 48.1 Å². The summed E-state index contributed by atoms with van der Waals surface area (Å²) in [5.74, 6) is -13.6. The van der Waals surface area contributed by atoms with E-state index >= 15 is 19.2 Å². The van der Waals surface area contributed by atoms with Crippen LogP contribution in [-0.2, 0) is 65.7 Å². The van der Waals surface area contributed by atoms with Crippen molar-refractivity contribution in [2.75, 3.05) is 26.7 Å². The molecule has 7 aromatic carbocycles. The average molecular weight is 1770 g/mol. The van der Waals surface area contributed by atoms with E-state index < -0.39 is 210 Å². The van der Waals surface area contributed by atoms with Crippen molar-refractivity contribution >= 4 is 93.7 Å². The Balaban J connectivity index is 0.946. The molecular formula is C84H95Cl4N11O23. The van der Waals surface area contributed by atoms with Crippen molar-refractivity contribution in [2.24, 2.45) is 17.4 Å². The number of rotatable bonds is 24. The first-order valence-electron chi connectivity index (χ1n) is 39.4. The first kappa shape index (κ1) is 90.8. The van der Waals surface area contributed by atoms with E-state index in [0.717, 1.165) is 59.7 Å². The van der Waals surface area contributed by atoms with Crippen molar-refractivity contribution < 1.29 is 112 Å². The molecule has 0 aromatic heterocycles. The van der Waals surface area contributed by atoms with Crippen LogP contribution in [0.5, 0.6) is 51.7 Å². The van der Waals surface area contributed by atoms with Gasteiger partial charge < -0.3 is 133 Å². The highest BCUT2D eigenvalue weighted by atomic mass is 35.5. The lowest BCUT2D eigenvalue weighted by molar-refractivity contribution is -0.325. The number of aliphatic hydroxyl groups excluding tert-OH is 5. The van der Waals surface area contributed by atoms with E-state index in [2.05, 4.69) is 47.9 Å². The number of phenolic OH excluding ortho intramolecular Hbond substituents is 3. The van der Waals surface area contributed by atoms with E-state index in [1.54, 1.807) is 19.1 Å². The summed E-state index contributed by atoms with van der Waals surface area (Å²) >= 11 is 26.6. The molecule has 34 nitrogen and oxygen atoms in total. The summed E-state index contributed by atoms with van der Waals surface area (Å²) in [6.07, 6.45) is -14.9. The lowest BCUT2D eigenvalue weighted by Gasteiger charge is -2.44. The largest absolute Gasteiger partial charge is 0.508 e. The van der Waals surface area contributed by atoms with Gasteiger partial charge in [0.15, 0.2) is 23.9 Å². The zero-order valence-electron chi connectivity index (χ0n) is 66.3. The molecular weight excluding hydrogens is 1670 g/mol. The van der Waals surface area contributed by atoms with Crippen molar-refractivity contribution in [1.82, 2.24) is 47.9 Å². The Hall–Kier alpha value is -10.4.